The third kappa shape index (κ3) is 4.58. The number of aryl methyl sites for hydroxylation is 2. The van der Waals surface area contributed by atoms with Crippen molar-refractivity contribution in [1.29, 1.82) is 0 Å². The SMILES string of the molecule is CCc1ccc(C2(O)COc3c(ccc4c3CCC(C)(C)O4)C2O)c(OS(=O)(=O)c2ccc(C)cc2)c1. The Morgan fingerprint density at radius 2 is 1.81 bits per heavy atom. The minimum Gasteiger partial charge on any atom is -0.489 e. The molecule has 0 spiro atoms. The topological polar surface area (TPSA) is 102 Å². The molecular weight excluding hydrogens is 492 g/mol. The minimum absolute atomic E-state index is 0.00159. The van der Waals surface area contributed by atoms with Crippen molar-refractivity contribution in [2.45, 2.75) is 69.2 Å². The maximum absolute atomic E-state index is 13.1. The van der Waals surface area contributed by atoms with E-state index in [1.807, 2.05) is 27.7 Å². The normalized spacial score (nSPS) is 22.3. The zero-order chi connectivity index (χ0) is 26.6. The molecule has 2 aliphatic heterocycles. The highest BCUT2D eigenvalue weighted by Gasteiger charge is 2.48. The van der Waals surface area contributed by atoms with Crippen LogP contribution in [0.1, 0.15) is 61.1 Å². The molecule has 0 saturated carbocycles. The highest BCUT2D eigenvalue weighted by Crippen LogP contribution is 2.51. The average Bonchev–Trinajstić information content (AvgIpc) is 2.85. The molecule has 3 aromatic carbocycles. The third-order valence-corrected chi connectivity index (χ3v) is 8.47. The second-order valence-electron chi connectivity index (χ2n) is 10.5. The van der Waals surface area contributed by atoms with E-state index in [-0.39, 0.29) is 28.4 Å². The Bertz CT molecular complexity index is 1440. The molecule has 0 bridgehead atoms. The fourth-order valence-electron chi connectivity index (χ4n) is 4.95. The second-order valence-corrected chi connectivity index (χ2v) is 12.0. The predicted octanol–water partition coefficient (Wildman–Crippen LogP) is 4.74. The van der Waals surface area contributed by atoms with Gasteiger partial charge in [0.2, 0.25) is 0 Å². The number of ether oxygens (including phenoxy) is 2. The van der Waals surface area contributed by atoms with Crippen LogP contribution in [0, 0.1) is 6.92 Å². The lowest BCUT2D eigenvalue weighted by molar-refractivity contribution is -0.122. The lowest BCUT2D eigenvalue weighted by atomic mass is 9.80. The number of hydrogen-bond acceptors (Lipinski definition) is 7. The van der Waals surface area contributed by atoms with Crippen LogP contribution < -0.4 is 13.7 Å². The van der Waals surface area contributed by atoms with E-state index in [2.05, 4.69) is 0 Å². The summed E-state index contributed by atoms with van der Waals surface area (Å²) in [5.41, 5.74) is 0.904. The van der Waals surface area contributed by atoms with Gasteiger partial charge in [-0.05, 0) is 75.9 Å². The first kappa shape index (κ1) is 25.6. The van der Waals surface area contributed by atoms with Crippen molar-refractivity contribution >= 4 is 10.1 Å². The van der Waals surface area contributed by atoms with E-state index in [4.69, 9.17) is 13.7 Å². The van der Waals surface area contributed by atoms with Crippen molar-refractivity contribution in [1.82, 2.24) is 0 Å². The molecule has 5 rings (SSSR count). The van der Waals surface area contributed by atoms with Gasteiger partial charge in [0.25, 0.3) is 0 Å². The predicted molar refractivity (Wildman–Crippen MR) is 139 cm³/mol. The molecule has 37 heavy (non-hydrogen) atoms. The Morgan fingerprint density at radius 3 is 2.51 bits per heavy atom. The second kappa shape index (κ2) is 9.04. The maximum Gasteiger partial charge on any atom is 0.339 e. The van der Waals surface area contributed by atoms with Crippen molar-refractivity contribution in [3.8, 4) is 17.2 Å². The summed E-state index contributed by atoms with van der Waals surface area (Å²) < 4.78 is 44.0. The number of aliphatic hydroxyl groups excluding tert-OH is 1. The lowest BCUT2D eigenvalue weighted by Gasteiger charge is -2.41. The van der Waals surface area contributed by atoms with Crippen LogP contribution in [0.15, 0.2) is 59.5 Å². The molecule has 0 aliphatic carbocycles. The van der Waals surface area contributed by atoms with Gasteiger partial charge in [-0.25, -0.2) is 0 Å². The van der Waals surface area contributed by atoms with Crippen LogP contribution in [0.4, 0.5) is 0 Å². The summed E-state index contributed by atoms with van der Waals surface area (Å²) in [4.78, 5) is -0.00159. The first-order chi connectivity index (χ1) is 17.4. The van der Waals surface area contributed by atoms with Crippen molar-refractivity contribution in [3.63, 3.8) is 0 Å². The van der Waals surface area contributed by atoms with Crippen LogP contribution in [0.5, 0.6) is 17.2 Å². The first-order valence-corrected chi connectivity index (χ1v) is 13.9. The standard InChI is InChI=1S/C29H32O7S/c1-5-19-8-12-23(25(16-19)36-37(32,33)20-9-6-18(2)7-10-20)29(31)17-34-26-21-14-15-28(3,4)35-24(21)13-11-22(26)27(29)30/h6-13,16,27,30-31H,5,14-15,17H2,1-4H3. The monoisotopic (exact) mass is 524 g/mol. The third-order valence-electron chi connectivity index (χ3n) is 7.22. The molecule has 8 heteroatoms. The summed E-state index contributed by atoms with van der Waals surface area (Å²) in [5, 5.41) is 23.3. The fraction of sp³-hybridized carbons (Fsp3) is 0.379. The van der Waals surface area contributed by atoms with E-state index in [0.29, 0.717) is 29.9 Å². The van der Waals surface area contributed by atoms with Gasteiger partial charge >= 0.3 is 10.1 Å². The van der Waals surface area contributed by atoms with Crippen molar-refractivity contribution < 1.29 is 32.3 Å². The quantitative estimate of drug-likeness (QED) is 0.465. The van der Waals surface area contributed by atoms with Crippen LogP contribution in [-0.2, 0) is 28.6 Å². The molecule has 2 unspecified atom stereocenters. The molecule has 0 amide bonds. The molecule has 0 fully saturated rings. The van der Waals surface area contributed by atoms with Gasteiger partial charge in [-0.1, -0.05) is 36.8 Å². The van der Waals surface area contributed by atoms with Gasteiger partial charge in [0.05, 0.1) is 0 Å². The zero-order valence-electron chi connectivity index (χ0n) is 21.4. The molecular formula is C29H32O7S. The number of hydrogen-bond donors (Lipinski definition) is 2. The van der Waals surface area contributed by atoms with Crippen LogP contribution in [0.3, 0.4) is 0 Å². The van der Waals surface area contributed by atoms with E-state index in [0.717, 1.165) is 23.1 Å². The highest BCUT2D eigenvalue weighted by atomic mass is 32.2. The van der Waals surface area contributed by atoms with Gasteiger partial charge in [0.15, 0.2) is 5.60 Å². The summed E-state index contributed by atoms with van der Waals surface area (Å²) in [6.07, 6.45) is 0.746. The number of benzene rings is 3. The van der Waals surface area contributed by atoms with E-state index >= 15 is 0 Å². The van der Waals surface area contributed by atoms with Gasteiger partial charge in [-0.3, -0.25) is 0 Å². The largest absolute Gasteiger partial charge is 0.489 e. The van der Waals surface area contributed by atoms with Crippen LogP contribution >= 0.6 is 0 Å². The Balaban J connectivity index is 1.55. The Kier molecular flexibility index (Phi) is 6.25. The summed E-state index contributed by atoms with van der Waals surface area (Å²) in [5.74, 6) is 1.16. The highest BCUT2D eigenvalue weighted by molar-refractivity contribution is 7.87. The molecule has 196 valence electrons. The molecule has 7 nitrogen and oxygen atoms in total. The smallest absolute Gasteiger partial charge is 0.339 e. The average molecular weight is 525 g/mol. The summed E-state index contributed by atoms with van der Waals surface area (Å²) in [7, 11) is -4.19. The van der Waals surface area contributed by atoms with Crippen LogP contribution in [0.25, 0.3) is 0 Å². The Labute approximate surface area is 217 Å². The molecule has 0 radical (unpaired) electrons. The van der Waals surface area contributed by atoms with E-state index in [1.54, 1.807) is 42.5 Å². The molecule has 2 heterocycles. The summed E-state index contributed by atoms with van der Waals surface area (Å²) >= 11 is 0. The molecule has 3 aromatic rings. The molecule has 0 saturated heterocycles. The maximum atomic E-state index is 13.1. The Morgan fingerprint density at radius 1 is 1.08 bits per heavy atom. The zero-order valence-corrected chi connectivity index (χ0v) is 22.3. The Hall–Kier alpha value is -3.07. The summed E-state index contributed by atoms with van der Waals surface area (Å²) in [6, 6.07) is 14.8. The number of fused-ring (bicyclic) bond motifs is 3. The fourth-order valence-corrected chi connectivity index (χ4v) is 5.89. The van der Waals surface area contributed by atoms with Crippen molar-refractivity contribution in [2.24, 2.45) is 0 Å². The van der Waals surface area contributed by atoms with Gasteiger partial charge in [-0.15, -0.1) is 0 Å². The van der Waals surface area contributed by atoms with Gasteiger partial charge < -0.3 is 23.9 Å². The van der Waals surface area contributed by atoms with Crippen LogP contribution in [0.2, 0.25) is 0 Å². The summed E-state index contributed by atoms with van der Waals surface area (Å²) in [6.45, 7) is 7.56. The van der Waals surface area contributed by atoms with E-state index in [9.17, 15) is 18.6 Å². The van der Waals surface area contributed by atoms with E-state index in [1.165, 1.54) is 12.1 Å². The van der Waals surface area contributed by atoms with Gasteiger partial charge in [-0.2, -0.15) is 8.42 Å². The van der Waals surface area contributed by atoms with Crippen LogP contribution in [-0.4, -0.2) is 30.8 Å². The number of rotatable bonds is 5. The van der Waals surface area contributed by atoms with Crippen molar-refractivity contribution in [3.05, 3.63) is 82.4 Å². The molecule has 2 aliphatic rings. The van der Waals surface area contributed by atoms with E-state index < -0.39 is 21.8 Å². The van der Waals surface area contributed by atoms with Gasteiger partial charge in [0.1, 0.15) is 40.5 Å². The van der Waals surface area contributed by atoms with Crippen molar-refractivity contribution in [2.75, 3.05) is 6.61 Å². The number of aliphatic hydroxyl groups is 2. The first-order valence-electron chi connectivity index (χ1n) is 12.5. The van der Waals surface area contributed by atoms with Gasteiger partial charge in [0, 0.05) is 16.7 Å². The molecule has 0 aromatic heterocycles. The lowest BCUT2D eigenvalue weighted by Crippen LogP contribution is -2.44. The molecule has 2 N–H and O–H groups in total. The molecule has 2 atom stereocenters. The minimum atomic E-state index is -4.19.